The van der Waals surface area contributed by atoms with E-state index in [1.54, 1.807) is 18.7 Å². The van der Waals surface area contributed by atoms with Gasteiger partial charge in [0.05, 0.1) is 0 Å². The molecule has 2 N–H and O–H groups in total. The van der Waals surface area contributed by atoms with Crippen LogP contribution in [0.15, 0.2) is 35.2 Å². The van der Waals surface area contributed by atoms with E-state index in [0.29, 0.717) is 5.69 Å². The van der Waals surface area contributed by atoms with Crippen molar-refractivity contribution in [2.45, 2.75) is 11.8 Å². The minimum atomic E-state index is -1.06. The van der Waals surface area contributed by atoms with Crippen LogP contribution in [0.25, 0.3) is 0 Å². The van der Waals surface area contributed by atoms with Crippen molar-refractivity contribution in [3.05, 3.63) is 41.7 Å². The fraction of sp³-hybridized carbons (Fsp3) is 0.154. The van der Waals surface area contributed by atoms with E-state index in [4.69, 9.17) is 5.11 Å². The van der Waals surface area contributed by atoms with Crippen molar-refractivity contribution in [3.8, 4) is 0 Å². The fourth-order valence-corrected chi connectivity index (χ4v) is 2.02. The summed E-state index contributed by atoms with van der Waals surface area (Å²) in [4.78, 5) is 20.2. The van der Waals surface area contributed by atoms with Crippen molar-refractivity contribution in [1.29, 1.82) is 0 Å². The molecule has 0 aliphatic rings. The van der Waals surface area contributed by atoms with Gasteiger partial charge in [-0.25, -0.2) is 14.8 Å². The lowest BCUT2D eigenvalue weighted by atomic mass is 10.3. The molecular formula is C13H13N3O2S. The number of anilines is 2. The van der Waals surface area contributed by atoms with E-state index in [1.807, 2.05) is 30.5 Å². The second-order valence-corrected chi connectivity index (χ2v) is 4.76. The molecule has 2 aromatic rings. The Morgan fingerprint density at radius 1 is 1.32 bits per heavy atom. The van der Waals surface area contributed by atoms with Gasteiger partial charge in [-0.2, -0.15) is 0 Å². The molecule has 0 aliphatic heterocycles. The van der Waals surface area contributed by atoms with E-state index in [0.717, 1.165) is 10.6 Å². The molecule has 0 fully saturated rings. The van der Waals surface area contributed by atoms with Crippen LogP contribution >= 0.6 is 11.8 Å². The summed E-state index contributed by atoms with van der Waals surface area (Å²) < 4.78 is 0. The molecule has 0 saturated carbocycles. The molecule has 0 atom stereocenters. The van der Waals surface area contributed by atoms with E-state index in [9.17, 15) is 4.79 Å². The molecule has 0 amide bonds. The summed E-state index contributed by atoms with van der Waals surface area (Å²) in [7, 11) is 0. The fourth-order valence-electron chi connectivity index (χ4n) is 1.56. The van der Waals surface area contributed by atoms with Gasteiger partial charge in [0.1, 0.15) is 0 Å². The van der Waals surface area contributed by atoms with E-state index < -0.39 is 5.97 Å². The smallest absolute Gasteiger partial charge is 0.354 e. The molecule has 0 spiro atoms. The predicted octanol–water partition coefficient (Wildman–Crippen LogP) is 2.95. The second-order valence-electron chi connectivity index (χ2n) is 3.88. The maximum Gasteiger partial charge on any atom is 0.354 e. The first-order chi connectivity index (χ1) is 9.08. The summed E-state index contributed by atoms with van der Waals surface area (Å²) in [6.45, 7) is 1.73. The number of nitrogens with zero attached hydrogens (tertiary/aromatic N) is 2. The Morgan fingerprint density at radius 3 is 2.79 bits per heavy atom. The van der Waals surface area contributed by atoms with Gasteiger partial charge in [-0.05, 0) is 37.4 Å². The highest BCUT2D eigenvalue weighted by Crippen LogP contribution is 2.21. The van der Waals surface area contributed by atoms with E-state index in [-0.39, 0.29) is 11.6 Å². The van der Waals surface area contributed by atoms with Crippen molar-refractivity contribution in [1.82, 2.24) is 9.97 Å². The minimum absolute atomic E-state index is 0.0176. The molecule has 6 heteroatoms. The molecule has 0 radical (unpaired) electrons. The Bertz CT molecular complexity index is 617. The van der Waals surface area contributed by atoms with Crippen LogP contribution in [-0.2, 0) is 0 Å². The van der Waals surface area contributed by atoms with Crippen molar-refractivity contribution < 1.29 is 9.90 Å². The molecule has 0 unspecified atom stereocenters. The number of benzene rings is 1. The average Bonchev–Trinajstić information content (AvgIpc) is 2.38. The summed E-state index contributed by atoms with van der Waals surface area (Å²) in [6, 6.07) is 9.19. The molecule has 1 heterocycles. The van der Waals surface area contributed by atoms with Gasteiger partial charge >= 0.3 is 5.97 Å². The normalized spacial score (nSPS) is 10.2. The monoisotopic (exact) mass is 275 g/mol. The topological polar surface area (TPSA) is 75.1 Å². The molecule has 19 heavy (non-hydrogen) atoms. The molecule has 2 rings (SSSR count). The lowest BCUT2D eigenvalue weighted by Gasteiger charge is -2.07. The molecule has 1 aromatic carbocycles. The first kappa shape index (κ1) is 13.4. The summed E-state index contributed by atoms with van der Waals surface area (Å²) in [5.74, 6) is -0.776. The van der Waals surface area contributed by atoms with Gasteiger partial charge in [-0.1, -0.05) is 6.07 Å². The van der Waals surface area contributed by atoms with Crippen LogP contribution in [0.3, 0.4) is 0 Å². The highest BCUT2D eigenvalue weighted by atomic mass is 32.2. The number of carboxylic acid groups (broad SMARTS) is 1. The number of rotatable bonds is 4. The third kappa shape index (κ3) is 3.45. The van der Waals surface area contributed by atoms with Crippen molar-refractivity contribution in [3.63, 3.8) is 0 Å². The van der Waals surface area contributed by atoms with Crippen LogP contribution in [0.2, 0.25) is 0 Å². The van der Waals surface area contributed by atoms with E-state index in [2.05, 4.69) is 15.3 Å². The molecule has 0 saturated heterocycles. The second kappa shape index (κ2) is 5.71. The maximum absolute atomic E-state index is 10.9. The van der Waals surface area contributed by atoms with Crippen LogP contribution in [0.1, 0.15) is 16.2 Å². The number of carboxylic acids is 1. The summed E-state index contributed by atoms with van der Waals surface area (Å²) >= 11 is 1.63. The Labute approximate surface area is 115 Å². The molecule has 5 nitrogen and oxygen atoms in total. The molecule has 1 aromatic heterocycles. The van der Waals surface area contributed by atoms with Gasteiger partial charge in [0, 0.05) is 16.3 Å². The molecule has 0 bridgehead atoms. The highest BCUT2D eigenvalue weighted by molar-refractivity contribution is 7.98. The Balaban J connectivity index is 2.29. The van der Waals surface area contributed by atoms with Gasteiger partial charge in [0.25, 0.3) is 0 Å². The first-order valence-electron chi connectivity index (χ1n) is 5.58. The van der Waals surface area contributed by atoms with Crippen LogP contribution < -0.4 is 5.32 Å². The zero-order chi connectivity index (χ0) is 13.8. The largest absolute Gasteiger partial charge is 0.477 e. The molecule has 98 valence electrons. The van der Waals surface area contributed by atoms with Crippen LogP contribution in [0.4, 0.5) is 11.6 Å². The van der Waals surface area contributed by atoms with Gasteiger partial charge in [0.15, 0.2) is 5.69 Å². The number of aromatic nitrogens is 2. The summed E-state index contributed by atoms with van der Waals surface area (Å²) in [5.41, 5.74) is 1.42. The van der Waals surface area contributed by atoms with Crippen molar-refractivity contribution in [2.24, 2.45) is 0 Å². The standard InChI is InChI=1S/C13H13N3O2S/c1-8-6-11(12(17)18)16-13(14-8)15-9-4-3-5-10(7-9)19-2/h3-7H,1-2H3,(H,17,18)(H,14,15,16). The Hall–Kier alpha value is -2.08. The van der Waals surface area contributed by atoms with Crippen LogP contribution in [-0.4, -0.2) is 27.3 Å². The lowest BCUT2D eigenvalue weighted by molar-refractivity contribution is 0.0690. The predicted molar refractivity (Wildman–Crippen MR) is 75.2 cm³/mol. The number of hydrogen-bond donors (Lipinski definition) is 2. The lowest BCUT2D eigenvalue weighted by Crippen LogP contribution is -2.06. The van der Waals surface area contributed by atoms with Gasteiger partial charge in [-0.15, -0.1) is 11.8 Å². The van der Waals surface area contributed by atoms with Crippen LogP contribution in [0, 0.1) is 6.92 Å². The third-order valence-corrected chi connectivity index (χ3v) is 3.12. The Kier molecular flexibility index (Phi) is 4.01. The zero-order valence-corrected chi connectivity index (χ0v) is 11.4. The number of thioether (sulfide) groups is 1. The average molecular weight is 275 g/mol. The van der Waals surface area contributed by atoms with Crippen molar-refractivity contribution in [2.75, 3.05) is 11.6 Å². The first-order valence-corrected chi connectivity index (χ1v) is 6.81. The number of hydrogen-bond acceptors (Lipinski definition) is 5. The van der Waals surface area contributed by atoms with E-state index in [1.165, 1.54) is 6.07 Å². The SMILES string of the molecule is CSc1cccc(Nc2nc(C)cc(C(=O)O)n2)c1. The van der Waals surface area contributed by atoms with Gasteiger partial charge in [-0.3, -0.25) is 0 Å². The van der Waals surface area contributed by atoms with Crippen LogP contribution in [0.5, 0.6) is 0 Å². The highest BCUT2D eigenvalue weighted by Gasteiger charge is 2.08. The minimum Gasteiger partial charge on any atom is -0.477 e. The quantitative estimate of drug-likeness (QED) is 0.836. The number of aryl methyl sites for hydroxylation is 1. The number of aromatic carboxylic acids is 1. The number of nitrogens with one attached hydrogen (secondary N) is 1. The maximum atomic E-state index is 10.9. The van der Waals surface area contributed by atoms with E-state index >= 15 is 0 Å². The summed E-state index contributed by atoms with van der Waals surface area (Å²) in [5, 5.41) is 12.0. The molecule has 0 aliphatic carbocycles. The Morgan fingerprint density at radius 2 is 2.11 bits per heavy atom. The van der Waals surface area contributed by atoms with Gasteiger partial charge < -0.3 is 10.4 Å². The number of carbonyl (C=O) groups is 1. The summed E-state index contributed by atoms with van der Waals surface area (Å²) in [6.07, 6.45) is 1.99. The zero-order valence-electron chi connectivity index (χ0n) is 10.5. The molecular weight excluding hydrogens is 262 g/mol. The van der Waals surface area contributed by atoms with Gasteiger partial charge in [0.2, 0.25) is 5.95 Å². The third-order valence-electron chi connectivity index (χ3n) is 2.40. The van der Waals surface area contributed by atoms with Crippen molar-refractivity contribution >= 4 is 29.4 Å².